The van der Waals surface area contributed by atoms with Crippen LogP contribution in [-0.4, -0.2) is 24.4 Å². The number of rotatable bonds is 7. The molecule has 2 unspecified atom stereocenters. The summed E-state index contributed by atoms with van der Waals surface area (Å²) in [5.74, 6) is 0.188. The summed E-state index contributed by atoms with van der Waals surface area (Å²) in [7, 11) is 0. The maximum Gasteiger partial charge on any atom is 0.251 e. The van der Waals surface area contributed by atoms with Gasteiger partial charge in [0.25, 0.3) is 5.91 Å². The molecule has 0 spiro atoms. The van der Waals surface area contributed by atoms with Crippen molar-refractivity contribution in [2.45, 2.75) is 51.5 Å². The van der Waals surface area contributed by atoms with Crippen LogP contribution in [0.3, 0.4) is 0 Å². The second-order valence-electron chi connectivity index (χ2n) is 6.20. The SMILES string of the molecule is CCCCC1CCCC1NC(=O)CNC(=O)c1cccc(Cl)c1. The lowest BCUT2D eigenvalue weighted by molar-refractivity contribution is -0.121. The molecule has 126 valence electrons. The van der Waals surface area contributed by atoms with E-state index in [4.69, 9.17) is 11.6 Å². The van der Waals surface area contributed by atoms with Crippen LogP contribution in [0.1, 0.15) is 55.8 Å². The molecule has 0 heterocycles. The highest BCUT2D eigenvalue weighted by Crippen LogP contribution is 2.29. The number of nitrogens with one attached hydrogen (secondary N) is 2. The Hall–Kier alpha value is -1.55. The molecule has 2 rings (SSSR count). The van der Waals surface area contributed by atoms with Gasteiger partial charge in [-0.2, -0.15) is 0 Å². The minimum absolute atomic E-state index is 0.00233. The van der Waals surface area contributed by atoms with Crippen LogP contribution >= 0.6 is 11.6 Å². The van der Waals surface area contributed by atoms with Gasteiger partial charge < -0.3 is 10.6 Å². The summed E-state index contributed by atoms with van der Waals surface area (Å²) < 4.78 is 0. The zero-order chi connectivity index (χ0) is 16.7. The molecule has 2 amide bonds. The molecule has 1 aliphatic carbocycles. The maximum atomic E-state index is 12.1. The van der Waals surface area contributed by atoms with E-state index in [0.29, 0.717) is 16.5 Å². The van der Waals surface area contributed by atoms with Gasteiger partial charge in [0.1, 0.15) is 0 Å². The first-order valence-corrected chi connectivity index (χ1v) is 8.81. The van der Waals surface area contributed by atoms with Crippen molar-refractivity contribution < 1.29 is 9.59 Å². The van der Waals surface area contributed by atoms with Crippen LogP contribution < -0.4 is 10.6 Å². The van der Waals surface area contributed by atoms with Crippen molar-refractivity contribution in [3.63, 3.8) is 0 Å². The smallest absolute Gasteiger partial charge is 0.251 e. The van der Waals surface area contributed by atoms with E-state index in [-0.39, 0.29) is 24.4 Å². The quantitative estimate of drug-likeness (QED) is 0.800. The Bertz CT molecular complexity index is 548. The molecular formula is C18H25ClN2O2. The molecule has 1 aromatic rings. The topological polar surface area (TPSA) is 58.2 Å². The van der Waals surface area contributed by atoms with E-state index in [2.05, 4.69) is 17.6 Å². The van der Waals surface area contributed by atoms with E-state index in [1.807, 2.05) is 0 Å². The Morgan fingerprint density at radius 1 is 1.30 bits per heavy atom. The second-order valence-corrected chi connectivity index (χ2v) is 6.64. The zero-order valence-corrected chi connectivity index (χ0v) is 14.4. The van der Waals surface area contributed by atoms with Gasteiger partial charge in [0.05, 0.1) is 6.54 Å². The number of benzene rings is 1. The minimum atomic E-state index is -0.281. The number of carbonyl (C=O) groups excluding carboxylic acids is 2. The van der Waals surface area contributed by atoms with Gasteiger partial charge in [-0.25, -0.2) is 0 Å². The molecule has 2 atom stereocenters. The third-order valence-electron chi connectivity index (χ3n) is 4.43. The molecule has 2 N–H and O–H groups in total. The Balaban J connectivity index is 1.77. The van der Waals surface area contributed by atoms with E-state index < -0.39 is 0 Å². The van der Waals surface area contributed by atoms with Crippen molar-refractivity contribution in [1.29, 1.82) is 0 Å². The molecule has 0 aromatic heterocycles. The summed E-state index contributed by atoms with van der Waals surface area (Å²) in [6.07, 6.45) is 6.99. The summed E-state index contributed by atoms with van der Waals surface area (Å²) in [5.41, 5.74) is 0.465. The molecule has 1 aromatic carbocycles. The molecule has 1 saturated carbocycles. The van der Waals surface area contributed by atoms with Gasteiger partial charge >= 0.3 is 0 Å². The lowest BCUT2D eigenvalue weighted by Gasteiger charge is -2.21. The first-order chi connectivity index (χ1) is 11.1. The Kier molecular flexibility index (Phi) is 6.90. The standard InChI is InChI=1S/C18H25ClN2O2/c1-2-3-6-13-7-5-10-16(13)21-17(22)12-20-18(23)14-8-4-9-15(19)11-14/h4,8-9,11,13,16H,2-3,5-7,10,12H2,1H3,(H,20,23)(H,21,22). The molecule has 5 heteroatoms. The van der Waals surface area contributed by atoms with Gasteiger partial charge in [-0.3, -0.25) is 9.59 Å². The monoisotopic (exact) mass is 336 g/mol. The lowest BCUT2D eigenvalue weighted by atomic mass is 9.97. The van der Waals surface area contributed by atoms with Gasteiger partial charge in [-0.1, -0.05) is 43.9 Å². The predicted molar refractivity (Wildman–Crippen MR) is 92.6 cm³/mol. The summed E-state index contributed by atoms with van der Waals surface area (Å²) in [5, 5.41) is 6.23. The molecule has 0 aliphatic heterocycles. The fraction of sp³-hybridized carbons (Fsp3) is 0.556. The normalized spacial score (nSPS) is 20.3. The van der Waals surface area contributed by atoms with Gasteiger partial charge in [-0.05, 0) is 43.4 Å². The van der Waals surface area contributed by atoms with Crippen LogP contribution in [0, 0.1) is 5.92 Å². The van der Waals surface area contributed by atoms with E-state index in [1.54, 1.807) is 24.3 Å². The van der Waals surface area contributed by atoms with Crippen LogP contribution in [0.4, 0.5) is 0 Å². The fourth-order valence-electron chi connectivity index (χ4n) is 3.19. The van der Waals surface area contributed by atoms with Crippen LogP contribution in [0.15, 0.2) is 24.3 Å². The molecule has 1 fully saturated rings. The fourth-order valence-corrected chi connectivity index (χ4v) is 3.38. The number of carbonyl (C=O) groups is 2. The van der Waals surface area contributed by atoms with E-state index in [1.165, 1.54) is 32.1 Å². The number of halogens is 1. The van der Waals surface area contributed by atoms with Gasteiger partial charge in [0.2, 0.25) is 5.91 Å². The molecule has 0 saturated heterocycles. The average molecular weight is 337 g/mol. The summed E-state index contributed by atoms with van der Waals surface area (Å²) in [6.45, 7) is 2.19. The summed E-state index contributed by atoms with van der Waals surface area (Å²) in [6, 6.07) is 6.95. The summed E-state index contributed by atoms with van der Waals surface area (Å²) >= 11 is 5.86. The van der Waals surface area contributed by atoms with Crippen molar-refractivity contribution in [3.8, 4) is 0 Å². The Morgan fingerprint density at radius 2 is 2.13 bits per heavy atom. The number of unbranched alkanes of at least 4 members (excludes halogenated alkanes) is 1. The summed E-state index contributed by atoms with van der Waals surface area (Å²) in [4.78, 5) is 24.1. The molecular weight excluding hydrogens is 312 g/mol. The van der Waals surface area contributed by atoms with Crippen LogP contribution in [0.2, 0.25) is 5.02 Å². The van der Waals surface area contributed by atoms with E-state index >= 15 is 0 Å². The highest BCUT2D eigenvalue weighted by Gasteiger charge is 2.27. The Morgan fingerprint density at radius 3 is 2.87 bits per heavy atom. The third-order valence-corrected chi connectivity index (χ3v) is 4.67. The van der Waals surface area contributed by atoms with Crippen molar-refractivity contribution in [2.24, 2.45) is 5.92 Å². The molecule has 0 bridgehead atoms. The van der Waals surface area contributed by atoms with Gasteiger partial charge in [-0.15, -0.1) is 0 Å². The van der Waals surface area contributed by atoms with E-state index in [0.717, 1.165) is 6.42 Å². The first-order valence-electron chi connectivity index (χ1n) is 8.43. The second kappa shape index (κ2) is 8.92. The van der Waals surface area contributed by atoms with Crippen LogP contribution in [-0.2, 0) is 4.79 Å². The van der Waals surface area contributed by atoms with Crippen molar-refractivity contribution in [2.75, 3.05) is 6.54 Å². The zero-order valence-electron chi connectivity index (χ0n) is 13.6. The first kappa shape index (κ1) is 17.8. The number of hydrogen-bond donors (Lipinski definition) is 2. The van der Waals surface area contributed by atoms with Gasteiger partial charge in [0, 0.05) is 16.6 Å². The Labute approximate surface area is 143 Å². The van der Waals surface area contributed by atoms with E-state index in [9.17, 15) is 9.59 Å². The largest absolute Gasteiger partial charge is 0.352 e. The molecule has 1 aliphatic rings. The third kappa shape index (κ3) is 5.54. The lowest BCUT2D eigenvalue weighted by Crippen LogP contribution is -2.43. The highest BCUT2D eigenvalue weighted by atomic mass is 35.5. The minimum Gasteiger partial charge on any atom is -0.352 e. The number of hydrogen-bond acceptors (Lipinski definition) is 2. The van der Waals surface area contributed by atoms with Crippen LogP contribution in [0.25, 0.3) is 0 Å². The molecule has 23 heavy (non-hydrogen) atoms. The van der Waals surface area contributed by atoms with Crippen molar-refractivity contribution in [3.05, 3.63) is 34.9 Å². The average Bonchev–Trinajstić information content (AvgIpc) is 2.97. The maximum absolute atomic E-state index is 12.1. The molecule has 4 nitrogen and oxygen atoms in total. The van der Waals surface area contributed by atoms with Crippen LogP contribution in [0.5, 0.6) is 0 Å². The number of amides is 2. The predicted octanol–water partition coefficient (Wildman–Crippen LogP) is 3.54. The molecule has 0 radical (unpaired) electrons. The van der Waals surface area contributed by atoms with Crippen molar-refractivity contribution >= 4 is 23.4 Å². The highest BCUT2D eigenvalue weighted by molar-refractivity contribution is 6.30. The van der Waals surface area contributed by atoms with Gasteiger partial charge in [0.15, 0.2) is 0 Å². The van der Waals surface area contributed by atoms with Crippen molar-refractivity contribution in [1.82, 2.24) is 10.6 Å².